The highest BCUT2D eigenvalue weighted by Crippen LogP contribution is 2.23. The molecule has 0 fully saturated rings. The third-order valence-corrected chi connectivity index (χ3v) is 1.28. The monoisotopic (exact) mass is 158 g/mol. The first-order valence-electron chi connectivity index (χ1n) is 2.67. The first-order valence-corrected chi connectivity index (χ1v) is 2.98. The number of hydrogen-bond donors (Lipinski definition) is 2. The lowest BCUT2D eigenvalue weighted by atomic mass is 10.3. The van der Waals surface area contributed by atoms with E-state index in [0.29, 0.717) is 17.1 Å². The van der Waals surface area contributed by atoms with Crippen molar-refractivity contribution in [2.75, 3.05) is 11.5 Å². The van der Waals surface area contributed by atoms with Crippen molar-refractivity contribution in [2.45, 2.75) is 0 Å². The average molecular weight is 159 g/mol. The van der Waals surface area contributed by atoms with E-state index in [2.05, 4.69) is 4.29 Å². The summed E-state index contributed by atoms with van der Waals surface area (Å²) in [5.74, 6) is 0.427. The maximum absolute atomic E-state index is 5.44. The molecule has 0 saturated heterocycles. The quantitative estimate of drug-likeness (QED) is 0.607. The fourth-order valence-electron chi connectivity index (χ4n) is 0.637. The highest BCUT2D eigenvalue weighted by atomic mass is 35.5. The zero-order valence-corrected chi connectivity index (χ0v) is 5.93. The standard InChI is InChI=1S/C6H7ClN2O/c7-10-6-2-1-4(8)3-5(6)9/h1-3H,8-9H2. The van der Waals surface area contributed by atoms with E-state index >= 15 is 0 Å². The van der Waals surface area contributed by atoms with Gasteiger partial charge in [-0.05, 0) is 18.2 Å². The predicted octanol–water partition coefficient (Wildman–Crippen LogP) is 1.38. The molecule has 4 heteroatoms. The van der Waals surface area contributed by atoms with E-state index in [1.807, 2.05) is 0 Å². The molecule has 0 bridgehead atoms. The van der Waals surface area contributed by atoms with E-state index in [9.17, 15) is 0 Å². The Morgan fingerprint density at radius 1 is 1.30 bits per heavy atom. The predicted molar refractivity (Wildman–Crippen MR) is 41.7 cm³/mol. The molecule has 3 nitrogen and oxygen atoms in total. The van der Waals surface area contributed by atoms with Crippen LogP contribution in [0.25, 0.3) is 0 Å². The summed E-state index contributed by atoms with van der Waals surface area (Å²) in [5, 5.41) is 0. The Labute approximate surface area is 63.7 Å². The first-order chi connectivity index (χ1) is 4.74. The molecular weight excluding hydrogens is 152 g/mol. The van der Waals surface area contributed by atoms with Crippen molar-refractivity contribution in [3.63, 3.8) is 0 Å². The molecule has 1 rings (SSSR count). The molecule has 0 aliphatic carbocycles. The number of anilines is 2. The Bertz CT molecular complexity index is 239. The van der Waals surface area contributed by atoms with Crippen LogP contribution in [0.2, 0.25) is 0 Å². The molecule has 1 aromatic carbocycles. The minimum Gasteiger partial charge on any atom is -0.399 e. The van der Waals surface area contributed by atoms with Crippen LogP contribution in [0.4, 0.5) is 11.4 Å². The largest absolute Gasteiger partial charge is 0.399 e. The minimum absolute atomic E-state index is 0.427. The van der Waals surface area contributed by atoms with Gasteiger partial charge in [0.05, 0.1) is 5.69 Å². The Hall–Kier alpha value is -1.09. The Kier molecular flexibility index (Phi) is 1.87. The molecular formula is C6H7ClN2O. The topological polar surface area (TPSA) is 61.3 Å². The molecule has 54 valence electrons. The summed E-state index contributed by atoms with van der Waals surface area (Å²) in [6, 6.07) is 4.85. The van der Waals surface area contributed by atoms with E-state index in [-0.39, 0.29) is 0 Å². The molecule has 0 aromatic heterocycles. The van der Waals surface area contributed by atoms with E-state index in [4.69, 9.17) is 23.3 Å². The van der Waals surface area contributed by atoms with Gasteiger partial charge in [-0.25, -0.2) is 0 Å². The fourth-order valence-corrected chi connectivity index (χ4v) is 0.778. The van der Waals surface area contributed by atoms with Crippen molar-refractivity contribution in [1.29, 1.82) is 0 Å². The summed E-state index contributed by atoms with van der Waals surface area (Å²) in [6.45, 7) is 0. The molecule has 0 radical (unpaired) electrons. The van der Waals surface area contributed by atoms with Gasteiger partial charge in [-0.1, -0.05) is 0 Å². The molecule has 0 heterocycles. The van der Waals surface area contributed by atoms with Gasteiger partial charge in [-0.2, -0.15) is 0 Å². The minimum atomic E-state index is 0.427. The van der Waals surface area contributed by atoms with Gasteiger partial charge in [0.15, 0.2) is 5.75 Å². The summed E-state index contributed by atoms with van der Waals surface area (Å²) in [6.07, 6.45) is 0. The molecule has 0 spiro atoms. The number of rotatable bonds is 1. The van der Waals surface area contributed by atoms with Crippen molar-refractivity contribution in [3.05, 3.63) is 18.2 Å². The van der Waals surface area contributed by atoms with Crippen molar-refractivity contribution >= 4 is 23.2 Å². The van der Waals surface area contributed by atoms with Gasteiger partial charge in [0.25, 0.3) is 0 Å². The first kappa shape index (κ1) is 7.02. The number of nitrogens with two attached hydrogens (primary N) is 2. The lowest BCUT2D eigenvalue weighted by Gasteiger charge is -2.00. The molecule has 4 N–H and O–H groups in total. The maximum atomic E-state index is 5.44. The Morgan fingerprint density at radius 2 is 2.00 bits per heavy atom. The van der Waals surface area contributed by atoms with Crippen LogP contribution in [0, 0.1) is 0 Å². The normalized spacial score (nSPS) is 9.30. The molecule has 1 aromatic rings. The van der Waals surface area contributed by atoms with E-state index in [0.717, 1.165) is 0 Å². The van der Waals surface area contributed by atoms with Crippen molar-refractivity contribution < 1.29 is 4.29 Å². The molecule has 0 saturated carbocycles. The third-order valence-electron chi connectivity index (χ3n) is 1.12. The molecule has 0 aliphatic heterocycles. The Balaban J connectivity index is 3.07. The molecule has 0 atom stereocenters. The fraction of sp³-hybridized carbons (Fsp3) is 0. The molecule has 0 aliphatic rings. The average Bonchev–Trinajstić information content (AvgIpc) is 1.88. The van der Waals surface area contributed by atoms with Crippen LogP contribution in [0.3, 0.4) is 0 Å². The number of nitrogen functional groups attached to an aromatic ring is 2. The van der Waals surface area contributed by atoms with Crippen LogP contribution in [0.5, 0.6) is 5.75 Å². The van der Waals surface area contributed by atoms with Crippen molar-refractivity contribution in [2.24, 2.45) is 0 Å². The van der Waals surface area contributed by atoms with Gasteiger partial charge in [0, 0.05) is 5.69 Å². The van der Waals surface area contributed by atoms with Gasteiger partial charge >= 0.3 is 0 Å². The van der Waals surface area contributed by atoms with Crippen LogP contribution < -0.4 is 15.8 Å². The lowest BCUT2D eigenvalue weighted by Crippen LogP contribution is -1.91. The van der Waals surface area contributed by atoms with Crippen LogP contribution in [0.1, 0.15) is 0 Å². The zero-order valence-electron chi connectivity index (χ0n) is 5.17. The number of hydrogen-bond acceptors (Lipinski definition) is 3. The lowest BCUT2D eigenvalue weighted by molar-refractivity contribution is 0.622. The van der Waals surface area contributed by atoms with Crippen LogP contribution in [0.15, 0.2) is 18.2 Å². The second-order valence-electron chi connectivity index (χ2n) is 1.87. The van der Waals surface area contributed by atoms with Crippen LogP contribution in [-0.2, 0) is 0 Å². The van der Waals surface area contributed by atoms with Crippen LogP contribution >= 0.6 is 11.9 Å². The second-order valence-corrected chi connectivity index (χ2v) is 2.03. The Morgan fingerprint density at radius 3 is 2.50 bits per heavy atom. The molecule has 0 amide bonds. The summed E-state index contributed by atoms with van der Waals surface area (Å²) in [7, 11) is 0. The smallest absolute Gasteiger partial charge is 0.169 e. The summed E-state index contributed by atoms with van der Waals surface area (Å²) in [4.78, 5) is 0. The van der Waals surface area contributed by atoms with Crippen molar-refractivity contribution in [3.8, 4) is 5.75 Å². The zero-order chi connectivity index (χ0) is 7.56. The highest BCUT2D eigenvalue weighted by molar-refractivity contribution is 6.09. The maximum Gasteiger partial charge on any atom is 0.169 e. The molecule has 10 heavy (non-hydrogen) atoms. The summed E-state index contributed by atoms with van der Waals surface area (Å²) < 4.78 is 4.39. The number of halogens is 1. The van der Waals surface area contributed by atoms with Gasteiger partial charge in [0.2, 0.25) is 0 Å². The van der Waals surface area contributed by atoms with E-state index in [1.165, 1.54) is 0 Å². The number of benzene rings is 1. The summed E-state index contributed by atoms with van der Waals surface area (Å²) in [5.41, 5.74) is 11.9. The second kappa shape index (κ2) is 2.66. The van der Waals surface area contributed by atoms with E-state index in [1.54, 1.807) is 18.2 Å². The van der Waals surface area contributed by atoms with E-state index < -0.39 is 0 Å². The van der Waals surface area contributed by atoms with Gasteiger partial charge in [-0.15, -0.1) is 0 Å². The third kappa shape index (κ3) is 1.25. The van der Waals surface area contributed by atoms with Crippen LogP contribution in [-0.4, -0.2) is 0 Å². The summed E-state index contributed by atoms with van der Waals surface area (Å²) >= 11 is 5.06. The van der Waals surface area contributed by atoms with Crippen molar-refractivity contribution in [1.82, 2.24) is 0 Å². The highest BCUT2D eigenvalue weighted by Gasteiger charge is 1.97. The van der Waals surface area contributed by atoms with Gasteiger partial charge in [-0.3, -0.25) is 0 Å². The molecule has 0 unspecified atom stereocenters. The SMILES string of the molecule is Nc1ccc(OCl)c(N)c1. The van der Waals surface area contributed by atoms with Gasteiger partial charge < -0.3 is 15.8 Å². The van der Waals surface area contributed by atoms with Gasteiger partial charge in [0.1, 0.15) is 11.9 Å².